The largest absolute Gasteiger partial charge is 0.396 e. The van der Waals surface area contributed by atoms with E-state index in [1.54, 1.807) is 6.20 Å². The van der Waals surface area contributed by atoms with Crippen molar-refractivity contribution >= 4 is 11.6 Å². The van der Waals surface area contributed by atoms with Crippen molar-refractivity contribution in [1.29, 1.82) is 0 Å². The molecule has 0 bridgehead atoms. The summed E-state index contributed by atoms with van der Waals surface area (Å²) in [5.74, 6) is 0.374. The summed E-state index contributed by atoms with van der Waals surface area (Å²) in [4.78, 5) is 8.05. The minimum atomic E-state index is 0.117. The van der Waals surface area contributed by atoms with Gasteiger partial charge in [-0.1, -0.05) is 37.3 Å². The Morgan fingerprint density at radius 3 is 2.50 bits per heavy atom. The fourth-order valence-corrected chi connectivity index (χ4v) is 1.67. The average molecular weight is 214 g/mol. The van der Waals surface area contributed by atoms with Gasteiger partial charge in [-0.15, -0.1) is 0 Å². The zero-order valence-corrected chi connectivity index (χ0v) is 9.09. The van der Waals surface area contributed by atoms with Crippen LogP contribution in [0.15, 0.2) is 36.5 Å². The topological polar surface area (TPSA) is 77.8 Å². The van der Waals surface area contributed by atoms with Crippen LogP contribution in [0.25, 0.3) is 0 Å². The first-order chi connectivity index (χ1) is 7.68. The minimum Gasteiger partial charge on any atom is -0.396 e. The first-order valence-electron chi connectivity index (χ1n) is 5.11. The van der Waals surface area contributed by atoms with Crippen molar-refractivity contribution in [1.82, 2.24) is 9.97 Å². The quantitative estimate of drug-likeness (QED) is 0.799. The van der Waals surface area contributed by atoms with Crippen LogP contribution in [0.3, 0.4) is 0 Å². The lowest BCUT2D eigenvalue weighted by molar-refractivity contribution is 0.869. The minimum absolute atomic E-state index is 0.117. The van der Waals surface area contributed by atoms with Crippen molar-refractivity contribution in [3.8, 4) is 0 Å². The van der Waals surface area contributed by atoms with Gasteiger partial charge >= 0.3 is 0 Å². The van der Waals surface area contributed by atoms with E-state index in [0.717, 1.165) is 11.3 Å². The van der Waals surface area contributed by atoms with Gasteiger partial charge < -0.3 is 11.5 Å². The molecule has 0 saturated heterocycles. The van der Waals surface area contributed by atoms with Gasteiger partial charge in [0.25, 0.3) is 0 Å². The van der Waals surface area contributed by atoms with E-state index in [1.807, 2.05) is 37.3 Å². The molecule has 4 N–H and O–H groups in total. The number of rotatable bonds is 2. The normalized spacial score (nSPS) is 12.3. The summed E-state index contributed by atoms with van der Waals surface area (Å²) in [6, 6.07) is 10.1. The molecule has 82 valence electrons. The predicted molar refractivity (Wildman–Crippen MR) is 64.8 cm³/mol. The van der Waals surface area contributed by atoms with Crippen molar-refractivity contribution < 1.29 is 0 Å². The smallest absolute Gasteiger partial charge is 0.220 e. The second-order valence-electron chi connectivity index (χ2n) is 3.70. The Bertz CT molecular complexity index is 482. The summed E-state index contributed by atoms with van der Waals surface area (Å²) in [5, 5.41) is 0. The van der Waals surface area contributed by atoms with E-state index in [4.69, 9.17) is 11.5 Å². The second kappa shape index (κ2) is 4.18. The zero-order valence-electron chi connectivity index (χ0n) is 9.09. The number of hydrogen-bond acceptors (Lipinski definition) is 4. The van der Waals surface area contributed by atoms with Crippen LogP contribution in [-0.2, 0) is 0 Å². The van der Waals surface area contributed by atoms with Gasteiger partial charge in [-0.3, -0.25) is 0 Å². The van der Waals surface area contributed by atoms with Crippen LogP contribution in [0.5, 0.6) is 0 Å². The highest BCUT2D eigenvalue weighted by molar-refractivity contribution is 5.47. The molecule has 16 heavy (non-hydrogen) atoms. The van der Waals surface area contributed by atoms with Gasteiger partial charge in [0.1, 0.15) is 0 Å². The third-order valence-electron chi connectivity index (χ3n) is 2.58. The van der Waals surface area contributed by atoms with Gasteiger partial charge in [-0.2, -0.15) is 0 Å². The molecular weight excluding hydrogens is 200 g/mol. The van der Waals surface area contributed by atoms with Crippen LogP contribution in [0, 0.1) is 0 Å². The van der Waals surface area contributed by atoms with Gasteiger partial charge in [-0.25, -0.2) is 9.97 Å². The Labute approximate surface area is 94.3 Å². The highest BCUT2D eigenvalue weighted by Gasteiger charge is 2.13. The summed E-state index contributed by atoms with van der Waals surface area (Å²) in [7, 11) is 0. The molecule has 0 saturated carbocycles. The first-order valence-corrected chi connectivity index (χ1v) is 5.11. The van der Waals surface area contributed by atoms with Crippen molar-refractivity contribution in [2.24, 2.45) is 0 Å². The second-order valence-corrected chi connectivity index (χ2v) is 3.70. The van der Waals surface area contributed by atoms with E-state index < -0.39 is 0 Å². The van der Waals surface area contributed by atoms with Crippen molar-refractivity contribution in [2.45, 2.75) is 12.8 Å². The first kappa shape index (κ1) is 10.4. The molecule has 1 aromatic heterocycles. The lowest BCUT2D eigenvalue weighted by atomic mass is 9.97. The summed E-state index contributed by atoms with van der Waals surface area (Å²) in [6.45, 7) is 2.05. The van der Waals surface area contributed by atoms with Gasteiger partial charge in [-0.05, 0) is 5.56 Å². The van der Waals surface area contributed by atoms with Gasteiger partial charge in [0, 0.05) is 5.92 Å². The molecule has 1 atom stereocenters. The Morgan fingerprint density at radius 1 is 1.12 bits per heavy atom. The summed E-state index contributed by atoms with van der Waals surface area (Å²) in [6.07, 6.45) is 1.55. The van der Waals surface area contributed by atoms with E-state index >= 15 is 0 Å². The van der Waals surface area contributed by atoms with E-state index in [-0.39, 0.29) is 11.9 Å². The zero-order chi connectivity index (χ0) is 11.5. The maximum atomic E-state index is 5.85. The molecule has 0 radical (unpaired) electrons. The van der Waals surface area contributed by atoms with Crippen LogP contribution in [0.1, 0.15) is 24.1 Å². The summed E-state index contributed by atoms with van der Waals surface area (Å²) >= 11 is 0. The van der Waals surface area contributed by atoms with Crippen molar-refractivity contribution in [2.75, 3.05) is 11.5 Å². The molecule has 1 aromatic carbocycles. The molecule has 0 amide bonds. The highest BCUT2D eigenvalue weighted by Crippen LogP contribution is 2.26. The van der Waals surface area contributed by atoms with E-state index in [2.05, 4.69) is 9.97 Å². The fraction of sp³-hybridized carbons (Fsp3) is 0.167. The van der Waals surface area contributed by atoms with Crippen molar-refractivity contribution in [3.05, 3.63) is 47.8 Å². The molecule has 0 unspecified atom stereocenters. The molecule has 4 heteroatoms. The van der Waals surface area contributed by atoms with Crippen LogP contribution in [0.4, 0.5) is 11.6 Å². The number of nitrogen functional groups attached to an aromatic ring is 2. The van der Waals surface area contributed by atoms with Crippen LogP contribution in [-0.4, -0.2) is 9.97 Å². The Kier molecular flexibility index (Phi) is 2.72. The maximum Gasteiger partial charge on any atom is 0.220 e. The average Bonchev–Trinajstić information content (AvgIpc) is 2.32. The van der Waals surface area contributed by atoms with E-state index in [0.29, 0.717) is 5.69 Å². The Morgan fingerprint density at radius 2 is 1.81 bits per heavy atom. The molecule has 1 heterocycles. The lowest BCUT2D eigenvalue weighted by Crippen LogP contribution is -2.07. The molecule has 0 aliphatic carbocycles. The standard InChI is InChI=1S/C12H14N4/c1-8(9-5-3-2-4-6-9)11-10(13)7-15-12(14)16-11/h2-8H,13H2,1H3,(H2,14,15,16)/t8-/m0/s1. The predicted octanol–water partition coefficient (Wildman–Crippen LogP) is 1.79. The molecule has 0 aliphatic rings. The maximum absolute atomic E-state index is 5.85. The highest BCUT2D eigenvalue weighted by atomic mass is 15.0. The molecule has 0 aliphatic heterocycles. The van der Waals surface area contributed by atoms with Gasteiger partial charge in [0.05, 0.1) is 17.6 Å². The summed E-state index contributed by atoms with van der Waals surface area (Å²) in [5.41, 5.74) is 13.9. The molecular formula is C12H14N4. The SMILES string of the molecule is C[C@@H](c1ccccc1)c1nc(N)ncc1N. The number of hydrogen-bond donors (Lipinski definition) is 2. The Hall–Kier alpha value is -2.10. The monoisotopic (exact) mass is 214 g/mol. The molecule has 0 spiro atoms. The third kappa shape index (κ3) is 1.95. The number of benzene rings is 1. The number of anilines is 2. The molecule has 2 rings (SSSR count). The van der Waals surface area contributed by atoms with Gasteiger partial charge in [0.2, 0.25) is 5.95 Å². The summed E-state index contributed by atoms with van der Waals surface area (Å²) < 4.78 is 0. The van der Waals surface area contributed by atoms with E-state index in [1.165, 1.54) is 0 Å². The molecule has 2 aromatic rings. The van der Waals surface area contributed by atoms with Gasteiger partial charge in [0.15, 0.2) is 0 Å². The van der Waals surface area contributed by atoms with E-state index in [9.17, 15) is 0 Å². The lowest BCUT2D eigenvalue weighted by Gasteiger charge is -2.13. The van der Waals surface area contributed by atoms with Crippen molar-refractivity contribution in [3.63, 3.8) is 0 Å². The number of aromatic nitrogens is 2. The number of nitrogens with zero attached hydrogens (tertiary/aromatic N) is 2. The van der Waals surface area contributed by atoms with Crippen LogP contribution >= 0.6 is 0 Å². The molecule has 4 nitrogen and oxygen atoms in total. The van der Waals surface area contributed by atoms with Crippen LogP contribution < -0.4 is 11.5 Å². The fourth-order valence-electron chi connectivity index (χ4n) is 1.67. The number of nitrogens with two attached hydrogens (primary N) is 2. The van der Waals surface area contributed by atoms with Crippen LogP contribution in [0.2, 0.25) is 0 Å². The Balaban J connectivity index is 2.41. The molecule has 0 fully saturated rings. The third-order valence-corrected chi connectivity index (χ3v) is 2.58.